The molecule has 0 atom stereocenters. The maximum Gasteiger partial charge on any atom is 0.251 e. The molecule has 0 aliphatic carbocycles. The second-order valence-corrected chi connectivity index (χ2v) is 7.01. The molecular weight excluding hydrogens is 276 g/mol. The van der Waals surface area contributed by atoms with Gasteiger partial charge >= 0.3 is 0 Å². The van der Waals surface area contributed by atoms with Crippen molar-refractivity contribution in [3.8, 4) is 0 Å². The zero-order valence-corrected chi connectivity index (χ0v) is 12.8. The largest absolute Gasteiger partial charge is 0.352 e. The third-order valence-electron chi connectivity index (χ3n) is 2.88. The Kier molecular flexibility index (Phi) is 6.67. The first-order valence-corrected chi connectivity index (χ1v) is 8.68. The number of nitrogens with one attached hydrogen (secondary N) is 2. The Bertz CT molecular complexity index is 541. The first-order chi connectivity index (χ1) is 9.44. The van der Waals surface area contributed by atoms with Crippen LogP contribution >= 0.6 is 0 Å². The summed E-state index contributed by atoms with van der Waals surface area (Å²) in [4.78, 5) is 12.1. The van der Waals surface area contributed by atoms with Crippen molar-refractivity contribution in [3.05, 3.63) is 35.4 Å². The molecule has 0 spiro atoms. The molecule has 0 saturated carbocycles. The molecule has 1 amide bonds. The summed E-state index contributed by atoms with van der Waals surface area (Å²) >= 11 is 0. The maximum absolute atomic E-state index is 12.1. The third-order valence-corrected chi connectivity index (χ3v) is 3.91. The molecule has 0 heterocycles. The lowest BCUT2D eigenvalue weighted by Gasteiger charge is -2.10. The highest BCUT2D eigenvalue weighted by Gasteiger charge is 2.10. The molecule has 0 bridgehead atoms. The van der Waals surface area contributed by atoms with Crippen molar-refractivity contribution in [2.45, 2.75) is 12.8 Å². The summed E-state index contributed by atoms with van der Waals surface area (Å²) in [5.41, 5.74) is 1.64. The Hall–Kier alpha value is -1.40. The Balaban J connectivity index is 2.54. The average Bonchev–Trinajstić information content (AvgIpc) is 2.40. The van der Waals surface area contributed by atoms with E-state index in [9.17, 15) is 13.2 Å². The number of sulfone groups is 1. The van der Waals surface area contributed by atoms with Crippen LogP contribution in [0, 0.1) is 0 Å². The van der Waals surface area contributed by atoms with Crippen LogP contribution in [-0.2, 0) is 16.3 Å². The second-order valence-electron chi connectivity index (χ2n) is 4.75. The van der Waals surface area contributed by atoms with Gasteiger partial charge in [0.1, 0.15) is 9.84 Å². The van der Waals surface area contributed by atoms with Crippen molar-refractivity contribution < 1.29 is 13.2 Å². The molecule has 0 aromatic heterocycles. The number of amides is 1. The van der Waals surface area contributed by atoms with Gasteiger partial charge in [-0.15, -0.1) is 0 Å². The Labute approximate surface area is 120 Å². The minimum Gasteiger partial charge on any atom is -0.352 e. The van der Waals surface area contributed by atoms with E-state index in [0.29, 0.717) is 18.5 Å². The van der Waals surface area contributed by atoms with Crippen LogP contribution in [0.15, 0.2) is 24.3 Å². The molecule has 5 nitrogen and oxygen atoms in total. The Morgan fingerprint density at radius 1 is 1.20 bits per heavy atom. The summed E-state index contributed by atoms with van der Waals surface area (Å²) in [5.74, 6) is -0.0560. The molecule has 1 rings (SSSR count). The van der Waals surface area contributed by atoms with Crippen LogP contribution in [0.1, 0.15) is 22.3 Å². The van der Waals surface area contributed by atoms with Gasteiger partial charge in [-0.25, -0.2) is 8.42 Å². The minimum absolute atomic E-state index is 0.0919. The molecule has 20 heavy (non-hydrogen) atoms. The Morgan fingerprint density at radius 3 is 2.55 bits per heavy atom. The van der Waals surface area contributed by atoms with E-state index in [1.807, 2.05) is 25.2 Å². The van der Waals surface area contributed by atoms with E-state index in [-0.39, 0.29) is 11.7 Å². The maximum atomic E-state index is 12.1. The molecule has 0 unspecified atom stereocenters. The second kappa shape index (κ2) is 8.01. The van der Waals surface area contributed by atoms with Gasteiger partial charge < -0.3 is 10.6 Å². The molecule has 1 aromatic rings. The van der Waals surface area contributed by atoms with Crippen LogP contribution in [0.3, 0.4) is 0 Å². The molecule has 0 radical (unpaired) electrons. The molecule has 6 heteroatoms. The quantitative estimate of drug-likeness (QED) is 0.690. The fraction of sp³-hybridized carbons (Fsp3) is 0.500. The van der Waals surface area contributed by atoms with Gasteiger partial charge in [0, 0.05) is 18.4 Å². The van der Waals surface area contributed by atoms with E-state index >= 15 is 0 Å². The van der Waals surface area contributed by atoms with Crippen molar-refractivity contribution in [1.29, 1.82) is 0 Å². The number of hydrogen-bond acceptors (Lipinski definition) is 4. The van der Waals surface area contributed by atoms with E-state index in [4.69, 9.17) is 0 Å². The van der Waals surface area contributed by atoms with Crippen molar-refractivity contribution in [2.24, 2.45) is 0 Å². The van der Waals surface area contributed by atoms with Gasteiger partial charge in [-0.3, -0.25) is 4.79 Å². The van der Waals surface area contributed by atoms with Gasteiger partial charge in [0.25, 0.3) is 5.91 Å². The lowest BCUT2D eigenvalue weighted by molar-refractivity contribution is 0.0952. The molecular formula is C14H22N2O3S. The Morgan fingerprint density at radius 2 is 1.90 bits per heavy atom. The number of carbonyl (C=O) groups is 1. The summed E-state index contributed by atoms with van der Waals surface area (Å²) in [6.07, 6.45) is 2.41. The number of likely N-dealkylation sites (N-methyl/N-ethyl adjacent to an activating group) is 1. The van der Waals surface area contributed by atoms with E-state index in [1.165, 1.54) is 6.26 Å². The lowest BCUT2D eigenvalue weighted by Crippen LogP contribution is -2.27. The fourth-order valence-electron chi connectivity index (χ4n) is 1.85. The zero-order chi connectivity index (χ0) is 15.0. The lowest BCUT2D eigenvalue weighted by atomic mass is 10.0. The number of rotatable bonds is 8. The highest BCUT2D eigenvalue weighted by molar-refractivity contribution is 7.90. The molecule has 2 N–H and O–H groups in total. The van der Waals surface area contributed by atoms with E-state index in [2.05, 4.69) is 10.6 Å². The zero-order valence-electron chi connectivity index (χ0n) is 12.0. The topological polar surface area (TPSA) is 75.3 Å². The van der Waals surface area contributed by atoms with Gasteiger partial charge in [0.15, 0.2) is 0 Å². The summed E-state index contributed by atoms with van der Waals surface area (Å²) in [6.45, 7) is 1.17. The van der Waals surface area contributed by atoms with Gasteiger partial charge in [-0.2, -0.15) is 0 Å². The SMILES string of the molecule is CNCCc1ccccc1C(=O)NCCCS(C)(=O)=O. The molecule has 0 fully saturated rings. The average molecular weight is 298 g/mol. The predicted molar refractivity (Wildman–Crippen MR) is 80.7 cm³/mol. The van der Waals surface area contributed by atoms with Crippen LogP contribution in [0.25, 0.3) is 0 Å². The van der Waals surface area contributed by atoms with Crippen LogP contribution in [0.4, 0.5) is 0 Å². The van der Waals surface area contributed by atoms with Crippen LogP contribution in [-0.4, -0.2) is 46.5 Å². The fourth-order valence-corrected chi connectivity index (χ4v) is 2.52. The van der Waals surface area contributed by atoms with Crippen LogP contribution < -0.4 is 10.6 Å². The van der Waals surface area contributed by atoms with E-state index in [0.717, 1.165) is 18.5 Å². The standard InChI is InChI=1S/C14H22N2O3S/c1-15-10-8-12-6-3-4-7-13(12)14(17)16-9-5-11-20(2,18)19/h3-4,6-7,15H,5,8-11H2,1-2H3,(H,16,17). The van der Waals surface area contributed by atoms with Gasteiger partial charge in [0.05, 0.1) is 5.75 Å². The minimum atomic E-state index is -2.97. The van der Waals surface area contributed by atoms with Gasteiger partial charge in [-0.05, 0) is 38.1 Å². The molecule has 0 aliphatic rings. The summed E-state index contributed by atoms with van der Waals surface area (Å²) < 4.78 is 22.0. The molecule has 0 saturated heterocycles. The molecule has 0 aliphatic heterocycles. The first-order valence-electron chi connectivity index (χ1n) is 6.62. The van der Waals surface area contributed by atoms with Crippen LogP contribution in [0.2, 0.25) is 0 Å². The highest BCUT2D eigenvalue weighted by atomic mass is 32.2. The van der Waals surface area contributed by atoms with Crippen molar-refractivity contribution in [1.82, 2.24) is 10.6 Å². The van der Waals surface area contributed by atoms with Gasteiger partial charge in [0.2, 0.25) is 0 Å². The number of carbonyl (C=O) groups excluding carboxylic acids is 1. The highest BCUT2D eigenvalue weighted by Crippen LogP contribution is 2.09. The van der Waals surface area contributed by atoms with E-state index < -0.39 is 9.84 Å². The molecule has 112 valence electrons. The normalized spacial score (nSPS) is 11.3. The smallest absolute Gasteiger partial charge is 0.251 e. The monoisotopic (exact) mass is 298 g/mol. The van der Waals surface area contributed by atoms with Crippen molar-refractivity contribution in [3.63, 3.8) is 0 Å². The number of hydrogen-bond donors (Lipinski definition) is 2. The molecule has 1 aromatic carbocycles. The first kappa shape index (κ1) is 16.7. The predicted octanol–water partition coefficient (Wildman–Crippen LogP) is 0.613. The van der Waals surface area contributed by atoms with Gasteiger partial charge in [-0.1, -0.05) is 18.2 Å². The third kappa shape index (κ3) is 6.16. The summed E-state index contributed by atoms with van der Waals surface area (Å²) in [6, 6.07) is 7.46. The van der Waals surface area contributed by atoms with Crippen molar-refractivity contribution >= 4 is 15.7 Å². The summed E-state index contributed by atoms with van der Waals surface area (Å²) in [7, 11) is -1.10. The van der Waals surface area contributed by atoms with Crippen molar-refractivity contribution in [2.75, 3.05) is 32.1 Å². The van der Waals surface area contributed by atoms with E-state index in [1.54, 1.807) is 6.07 Å². The summed E-state index contributed by atoms with van der Waals surface area (Å²) in [5, 5.41) is 5.82. The number of benzene rings is 1. The van der Waals surface area contributed by atoms with Crippen LogP contribution in [0.5, 0.6) is 0 Å².